The fourth-order valence-electron chi connectivity index (χ4n) is 0.960. The van der Waals surface area contributed by atoms with Crippen LogP contribution in [0.3, 0.4) is 0 Å². The number of nitrogens with one attached hydrogen (secondary N) is 1. The molecule has 0 saturated carbocycles. The van der Waals surface area contributed by atoms with Crippen molar-refractivity contribution in [3.63, 3.8) is 0 Å². The fourth-order valence-corrected chi connectivity index (χ4v) is 0.960. The van der Waals surface area contributed by atoms with Gasteiger partial charge in [-0.2, -0.15) is 0 Å². The highest BCUT2D eigenvalue weighted by Crippen LogP contribution is 1.97. The minimum Gasteiger partial charge on any atom is -0.368 e. The molecule has 0 aliphatic rings. The molecule has 0 rings (SSSR count). The highest BCUT2D eigenvalue weighted by molar-refractivity contribution is 5.79. The highest BCUT2D eigenvalue weighted by atomic mass is 16.1. The van der Waals surface area contributed by atoms with Gasteiger partial charge >= 0.3 is 0 Å². The predicted octanol–water partition coefficient (Wildman–Crippen LogP) is 0.805. The SMILES string of the molecule is C=CCCC(C)N[C@@H](C)C(N)=O. The van der Waals surface area contributed by atoms with Crippen molar-refractivity contribution in [1.82, 2.24) is 5.32 Å². The third-order valence-corrected chi connectivity index (χ3v) is 1.77. The van der Waals surface area contributed by atoms with Crippen LogP contribution in [0.15, 0.2) is 12.7 Å². The molecule has 0 fully saturated rings. The molecule has 1 unspecified atom stereocenters. The van der Waals surface area contributed by atoms with E-state index in [4.69, 9.17) is 5.73 Å². The lowest BCUT2D eigenvalue weighted by Gasteiger charge is -2.16. The Labute approximate surface area is 74.0 Å². The van der Waals surface area contributed by atoms with E-state index in [0.29, 0.717) is 6.04 Å². The molecule has 0 spiro atoms. The molecular weight excluding hydrogens is 152 g/mol. The maximum absolute atomic E-state index is 10.6. The van der Waals surface area contributed by atoms with Gasteiger partial charge in [-0.1, -0.05) is 6.08 Å². The summed E-state index contributed by atoms with van der Waals surface area (Å²) in [6, 6.07) is 0.0651. The number of nitrogens with two attached hydrogens (primary N) is 1. The van der Waals surface area contributed by atoms with E-state index in [1.165, 1.54) is 0 Å². The van der Waals surface area contributed by atoms with Gasteiger partial charge in [0.25, 0.3) is 0 Å². The van der Waals surface area contributed by atoms with Crippen LogP contribution in [-0.2, 0) is 4.79 Å². The smallest absolute Gasteiger partial charge is 0.234 e. The molecule has 0 radical (unpaired) electrons. The maximum Gasteiger partial charge on any atom is 0.234 e. The number of carbonyl (C=O) groups excluding carboxylic acids is 1. The normalized spacial score (nSPS) is 15.2. The van der Waals surface area contributed by atoms with Gasteiger partial charge in [0.1, 0.15) is 0 Å². The summed E-state index contributed by atoms with van der Waals surface area (Å²) in [4.78, 5) is 10.6. The van der Waals surface area contributed by atoms with Gasteiger partial charge in [0.15, 0.2) is 0 Å². The summed E-state index contributed by atoms with van der Waals surface area (Å²) in [6.45, 7) is 7.43. The number of allylic oxidation sites excluding steroid dienone is 1. The second-order valence-electron chi connectivity index (χ2n) is 3.06. The van der Waals surface area contributed by atoms with Crippen LogP contribution >= 0.6 is 0 Å². The first-order valence-corrected chi connectivity index (χ1v) is 4.24. The van der Waals surface area contributed by atoms with Crippen LogP contribution in [0.4, 0.5) is 0 Å². The van der Waals surface area contributed by atoms with Gasteiger partial charge in [0.2, 0.25) is 5.91 Å². The topological polar surface area (TPSA) is 55.1 Å². The number of primary amides is 1. The summed E-state index contributed by atoms with van der Waals surface area (Å²) < 4.78 is 0. The van der Waals surface area contributed by atoms with E-state index in [1.54, 1.807) is 6.92 Å². The zero-order chi connectivity index (χ0) is 9.56. The van der Waals surface area contributed by atoms with Crippen molar-refractivity contribution in [2.24, 2.45) is 5.73 Å². The third-order valence-electron chi connectivity index (χ3n) is 1.77. The number of amides is 1. The molecule has 0 bridgehead atoms. The Balaban J connectivity index is 3.60. The van der Waals surface area contributed by atoms with Crippen molar-refractivity contribution in [1.29, 1.82) is 0 Å². The van der Waals surface area contributed by atoms with Crippen LogP contribution < -0.4 is 11.1 Å². The molecule has 2 atom stereocenters. The number of hydrogen-bond donors (Lipinski definition) is 2. The van der Waals surface area contributed by atoms with Crippen molar-refractivity contribution >= 4 is 5.91 Å². The van der Waals surface area contributed by atoms with Gasteiger partial charge in [-0.05, 0) is 26.7 Å². The lowest BCUT2D eigenvalue weighted by molar-refractivity contribution is -0.119. The van der Waals surface area contributed by atoms with Crippen molar-refractivity contribution in [2.45, 2.75) is 38.8 Å². The van der Waals surface area contributed by atoms with E-state index in [0.717, 1.165) is 12.8 Å². The Morgan fingerprint density at radius 1 is 1.67 bits per heavy atom. The predicted molar refractivity (Wildman–Crippen MR) is 50.7 cm³/mol. The van der Waals surface area contributed by atoms with E-state index >= 15 is 0 Å². The van der Waals surface area contributed by atoms with E-state index in [1.807, 2.05) is 13.0 Å². The van der Waals surface area contributed by atoms with Gasteiger partial charge in [-0.3, -0.25) is 4.79 Å². The lowest BCUT2D eigenvalue weighted by Crippen LogP contribution is -2.43. The molecule has 0 saturated heterocycles. The first-order chi connectivity index (χ1) is 5.57. The molecule has 0 aliphatic heterocycles. The molecular formula is C9H18N2O. The zero-order valence-electron chi connectivity index (χ0n) is 7.84. The fraction of sp³-hybridized carbons (Fsp3) is 0.667. The number of hydrogen-bond acceptors (Lipinski definition) is 2. The van der Waals surface area contributed by atoms with Gasteiger partial charge in [-0.15, -0.1) is 6.58 Å². The first kappa shape index (κ1) is 11.2. The number of carbonyl (C=O) groups is 1. The Bertz CT molecular complexity index is 157. The quantitative estimate of drug-likeness (QED) is 0.579. The average molecular weight is 170 g/mol. The van der Waals surface area contributed by atoms with Crippen LogP contribution in [0.25, 0.3) is 0 Å². The standard InChI is InChI=1S/C9H18N2O/c1-4-5-6-7(2)11-8(3)9(10)12/h4,7-8,11H,1,5-6H2,2-3H3,(H2,10,12)/t7?,8-/m0/s1. The van der Waals surface area contributed by atoms with Crippen LogP contribution in [0.2, 0.25) is 0 Å². The third kappa shape index (κ3) is 4.91. The minimum atomic E-state index is -0.305. The summed E-state index contributed by atoms with van der Waals surface area (Å²) in [5, 5.41) is 3.09. The van der Waals surface area contributed by atoms with Crippen LogP contribution in [-0.4, -0.2) is 18.0 Å². The Kier molecular flexibility index (Phi) is 5.37. The molecule has 3 N–H and O–H groups in total. The van der Waals surface area contributed by atoms with Crippen LogP contribution in [0, 0.1) is 0 Å². The summed E-state index contributed by atoms with van der Waals surface area (Å²) in [7, 11) is 0. The zero-order valence-corrected chi connectivity index (χ0v) is 7.84. The lowest BCUT2D eigenvalue weighted by atomic mass is 10.1. The largest absolute Gasteiger partial charge is 0.368 e. The van der Waals surface area contributed by atoms with Gasteiger partial charge < -0.3 is 11.1 Å². The molecule has 0 aromatic rings. The number of rotatable bonds is 6. The van der Waals surface area contributed by atoms with E-state index in [2.05, 4.69) is 11.9 Å². The second kappa shape index (κ2) is 5.77. The van der Waals surface area contributed by atoms with E-state index in [9.17, 15) is 4.79 Å². The molecule has 3 nitrogen and oxygen atoms in total. The molecule has 0 heterocycles. The summed E-state index contributed by atoms with van der Waals surface area (Å²) >= 11 is 0. The second-order valence-corrected chi connectivity index (χ2v) is 3.06. The van der Waals surface area contributed by atoms with Crippen molar-refractivity contribution in [3.05, 3.63) is 12.7 Å². The van der Waals surface area contributed by atoms with E-state index in [-0.39, 0.29) is 11.9 Å². The van der Waals surface area contributed by atoms with Crippen LogP contribution in [0.5, 0.6) is 0 Å². The molecule has 0 aliphatic carbocycles. The molecule has 0 aromatic heterocycles. The molecule has 3 heteroatoms. The summed E-state index contributed by atoms with van der Waals surface area (Å²) in [5.41, 5.74) is 5.09. The van der Waals surface area contributed by atoms with Gasteiger partial charge in [0.05, 0.1) is 6.04 Å². The van der Waals surface area contributed by atoms with Crippen molar-refractivity contribution in [3.8, 4) is 0 Å². The van der Waals surface area contributed by atoms with Crippen LogP contribution in [0.1, 0.15) is 26.7 Å². The molecule has 1 amide bonds. The Morgan fingerprint density at radius 3 is 2.67 bits per heavy atom. The maximum atomic E-state index is 10.6. The highest BCUT2D eigenvalue weighted by Gasteiger charge is 2.10. The Morgan fingerprint density at radius 2 is 2.25 bits per heavy atom. The summed E-state index contributed by atoms with van der Waals surface area (Å²) in [5.74, 6) is -0.305. The average Bonchev–Trinajstić information content (AvgIpc) is 2.00. The first-order valence-electron chi connectivity index (χ1n) is 4.24. The molecule has 12 heavy (non-hydrogen) atoms. The minimum absolute atomic E-state index is 0.246. The summed E-state index contributed by atoms with van der Waals surface area (Å²) in [6.07, 6.45) is 3.81. The molecule has 0 aromatic carbocycles. The van der Waals surface area contributed by atoms with Gasteiger partial charge in [-0.25, -0.2) is 0 Å². The van der Waals surface area contributed by atoms with Crippen molar-refractivity contribution < 1.29 is 4.79 Å². The Hall–Kier alpha value is -0.830. The molecule has 70 valence electrons. The van der Waals surface area contributed by atoms with E-state index < -0.39 is 0 Å². The monoisotopic (exact) mass is 170 g/mol. The van der Waals surface area contributed by atoms with Crippen molar-refractivity contribution in [2.75, 3.05) is 0 Å². The van der Waals surface area contributed by atoms with Gasteiger partial charge in [0, 0.05) is 6.04 Å².